The van der Waals surface area contributed by atoms with Crippen molar-refractivity contribution in [1.29, 1.82) is 0 Å². The van der Waals surface area contributed by atoms with Gasteiger partial charge in [0.25, 0.3) is 0 Å². The number of nitrogens with one attached hydrogen (secondary N) is 1. The van der Waals surface area contributed by atoms with E-state index in [9.17, 15) is 0 Å². The Labute approximate surface area is 108 Å². The van der Waals surface area contributed by atoms with Crippen LogP contribution < -0.4 is 5.32 Å². The Hall–Kier alpha value is -0.0800. The Kier molecular flexibility index (Phi) is 5.94. The summed E-state index contributed by atoms with van der Waals surface area (Å²) in [6, 6.07) is 0.739. The lowest BCUT2D eigenvalue weighted by Gasteiger charge is -2.35. The first-order valence-corrected chi connectivity index (χ1v) is 7.39. The molecule has 2 atom stereocenters. The summed E-state index contributed by atoms with van der Waals surface area (Å²) >= 11 is 0. The van der Waals surface area contributed by atoms with Gasteiger partial charge in [-0.2, -0.15) is 0 Å². The quantitative estimate of drug-likeness (QED) is 0.815. The average molecular weight is 240 g/mol. The normalized spacial score (nSPS) is 26.3. The molecule has 1 aliphatic heterocycles. The third-order valence-electron chi connectivity index (χ3n) is 4.38. The van der Waals surface area contributed by atoms with Crippen LogP contribution in [0.5, 0.6) is 0 Å². The molecule has 0 aromatic heterocycles. The van der Waals surface area contributed by atoms with Crippen LogP contribution in [0.15, 0.2) is 0 Å². The molecule has 0 bridgehead atoms. The van der Waals surface area contributed by atoms with Crippen molar-refractivity contribution in [2.75, 3.05) is 26.2 Å². The molecule has 2 unspecified atom stereocenters. The fourth-order valence-electron chi connectivity index (χ4n) is 2.35. The highest BCUT2D eigenvalue weighted by Crippen LogP contribution is 2.26. The lowest BCUT2D eigenvalue weighted by atomic mass is 9.81. The summed E-state index contributed by atoms with van der Waals surface area (Å²) in [5.74, 6) is 0.773. The summed E-state index contributed by atoms with van der Waals surface area (Å²) < 4.78 is 0. The summed E-state index contributed by atoms with van der Waals surface area (Å²) in [5.41, 5.74) is 0.435. The molecule has 1 aliphatic rings. The van der Waals surface area contributed by atoms with Crippen LogP contribution in [0.1, 0.15) is 53.9 Å². The fraction of sp³-hybridized carbons (Fsp3) is 1.00. The molecule has 2 nitrogen and oxygen atoms in total. The first kappa shape index (κ1) is 15.0. The minimum absolute atomic E-state index is 0.435. The van der Waals surface area contributed by atoms with Crippen LogP contribution in [-0.2, 0) is 0 Å². The number of rotatable bonds is 3. The SMILES string of the molecule is CCC1CCN(CC(C)C(C)(C)C)CCCN1. The predicted molar refractivity (Wildman–Crippen MR) is 76.4 cm³/mol. The molecule has 17 heavy (non-hydrogen) atoms. The summed E-state index contributed by atoms with van der Waals surface area (Å²) in [4.78, 5) is 2.68. The summed E-state index contributed by atoms with van der Waals surface area (Å²) in [6.07, 6.45) is 3.88. The molecule has 0 amide bonds. The van der Waals surface area contributed by atoms with Crippen LogP contribution >= 0.6 is 0 Å². The van der Waals surface area contributed by atoms with Gasteiger partial charge in [0.1, 0.15) is 0 Å². The van der Waals surface area contributed by atoms with Crippen molar-refractivity contribution in [2.24, 2.45) is 11.3 Å². The largest absolute Gasteiger partial charge is 0.314 e. The van der Waals surface area contributed by atoms with Crippen molar-refractivity contribution in [2.45, 2.75) is 59.9 Å². The van der Waals surface area contributed by atoms with Gasteiger partial charge in [-0.25, -0.2) is 0 Å². The van der Waals surface area contributed by atoms with Gasteiger partial charge < -0.3 is 10.2 Å². The number of hydrogen-bond donors (Lipinski definition) is 1. The molecule has 2 heteroatoms. The molecule has 0 aromatic rings. The molecule has 1 N–H and O–H groups in total. The zero-order chi connectivity index (χ0) is 12.9. The van der Waals surface area contributed by atoms with Crippen LogP contribution in [0.4, 0.5) is 0 Å². The minimum Gasteiger partial charge on any atom is -0.314 e. The van der Waals surface area contributed by atoms with Gasteiger partial charge in [0.2, 0.25) is 0 Å². The molecule has 0 aromatic carbocycles. The average Bonchev–Trinajstić information content (AvgIpc) is 2.21. The van der Waals surface area contributed by atoms with E-state index in [1.807, 2.05) is 0 Å². The zero-order valence-corrected chi connectivity index (χ0v) is 12.6. The molecule has 1 heterocycles. The van der Waals surface area contributed by atoms with Crippen LogP contribution in [0.2, 0.25) is 0 Å². The highest BCUT2D eigenvalue weighted by atomic mass is 15.1. The van der Waals surface area contributed by atoms with Gasteiger partial charge >= 0.3 is 0 Å². The second-order valence-electron chi connectivity index (χ2n) is 6.77. The second-order valence-corrected chi connectivity index (χ2v) is 6.77. The van der Waals surface area contributed by atoms with Gasteiger partial charge in [-0.1, -0.05) is 34.6 Å². The third kappa shape index (κ3) is 5.39. The fourth-order valence-corrected chi connectivity index (χ4v) is 2.35. The topological polar surface area (TPSA) is 15.3 Å². The molecule has 0 saturated carbocycles. The van der Waals surface area contributed by atoms with E-state index >= 15 is 0 Å². The third-order valence-corrected chi connectivity index (χ3v) is 4.38. The highest BCUT2D eigenvalue weighted by Gasteiger charge is 2.23. The van der Waals surface area contributed by atoms with Crippen molar-refractivity contribution < 1.29 is 0 Å². The Morgan fingerprint density at radius 3 is 2.59 bits per heavy atom. The van der Waals surface area contributed by atoms with E-state index in [1.165, 1.54) is 45.4 Å². The summed E-state index contributed by atoms with van der Waals surface area (Å²) in [7, 11) is 0. The van der Waals surface area contributed by atoms with Crippen molar-refractivity contribution in [3.05, 3.63) is 0 Å². The van der Waals surface area contributed by atoms with Gasteiger partial charge in [0.15, 0.2) is 0 Å². The molecule has 0 aliphatic carbocycles. The van der Waals surface area contributed by atoms with Crippen LogP contribution in [0.3, 0.4) is 0 Å². The van der Waals surface area contributed by atoms with Crippen LogP contribution in [0, 0.1) is 11.3 Å². The lowest BCUT2D eigenvalue weighted by Crippen LogP contribution is -2.42. The second kappa shape index (κ2) is 6.75. The van der Waals surface area contributed by atoms with E-state index in [1.54, 1.807) is 0 Å². The molecular weight excluding hydrogens is 208 g/mol. The van der Waals surface area contributed by atoms with Crippen molar-refractivity contribution in [1.82, 2.24) is 10.2 Å². The molecule has 1 fully saturated rings. The maximum atomic E-state index is 3.65. The van der Waals surface area contributed by atoms with Gasteiger partial charge in [0, 0.05) is 12.6 Å². The Morgan fingerprint density at radius 2 is 2.00 bits per heavy atom. The molecule has 1 saturated heterocycles. The first-order chi connectivity index (χ1) is 7.93. The van der Waals surface area contributed by atoms with E-state index in [-0.39, 0.29) is 0 Å². The maximum Gasteiger partial charge on any atom is 0.00766 e. The van der Waals surface area contributed by atoms with Crippen molar-refractivity contribution in [3.8, 4) is 0 Å². The summed E-state index contributed by atoms with van der Waals surface area (Å²) in [5, 5.41) is 3.65. The van der Waals surface area contributed by atoms with Crippen LogP contribution in [-0.4, -0.2) is 37.1 Å². The van der Waals surface area contributed by atoms with Crippen molar-refractivity contribution >= 4 is 0 Å². The van der Waals surface area contributed by atoms with E-state index < -0.39 is 0 Å². The Balaban J connectivity index is 2.41. The Morgan fingerprint density at radius 1 is 1.29 bits per heavy atom. The molecular formula is C15H32N2. The van der Waals surface area contributed by atoms with E-state index in [0.29, 0.717) is 5.41 Å². The number of hydrogen-bond acceptors (Lipinski definition) is 2. The predicted octanol–water partition coefficient (Wildman–Crippen LogP) is 3.13. The van der Waals surface area contributed by atoms with Gasteiger partial charge in [-0.3, -0.25) is 0 Å². The molecule has 0 spiro atoms. The van der Waals surface area contributed by atoms with Gasteiger partial charge in [-0.05, 0) is 50.2 Å². The standard InChI is InChI=1S/C15H32N2/c1-6-14-8-11-17(10-7-9-16-14)12-13(2)15(3,4)5/h13-14,16H,6-12H2,1-5H3. The van der Waals surface area contributed by atoms with Gasteiger partial charge in [-0.15, -0.1) is 0 Å². The van der Waals surface area contributed by atoms with E-state index in [4.69, 9.17) is 0 Å². The maximum absolute atomic E-state index is 3.65. The van der Waals surface area contributed by atoms with E-state index in [0.717, 1.165) is 12.0 Å². The highest BCUT2D eigenvalue weighted by molar-refractivity contribution is 4.77. The zero-order valence-electron chi connectivity index (χ0n) is 12.6. The number of nitrogens with zero attached hydrogens (tertiary/aromatic N) is 1. The molecule has 102 valence electrons. The first-order valence-electron chi connectivity index (χ1n) is 7.39. The summed E-state index contributed by atoms with van der Waals surface area (Å²) in [6.45, 7) is 16.8. The van der Waals surface area contributed by atoms with Crippen LogP contribution in [0.25, 0.3) is 0 Å². The lowest BCUT2D eigenvalue weighted by molar-refractivity contribution is 0.147. The van der Waals surface area contributed by atoms with Crippen molar-refractivity contribution in [3.63, 3.8) is 0 Å². The minimum atomic E-state index is 0.435. The van der Waals surface area contributed by atoms with Gasteiger partial charge in [0.05, 0.1) is 0 Å². The Bertz CT molecular complexity index is 207. The molecule has 0 radical (unpaired) electrons. The van der Waals surface area contributed by atoms with E-state index in [2.05, 4.69) is 44.8 Å². The monoisotopic (exact) mass is 240 g/mol. The molecule has 1 rings (SSSR count). The smallest absolute Gasteiger partial charge is 0.00766 e.